The summed E-state index contributed by atoms with van der Waals surface area (Å²) in [6.07, 6.45) is 4.03. The maximum atomic E-state index is 6.80. The minimum Gasteiger partial charge on any atom is -0.481 e. The third-order valence-electron chi connectivity index (χ3n) is 5.40. The molecule has 0 amide bonds. The van der Waals surface area contributed by atoms with Crippen LogP contribution < -0.4 is 9.64 Å². The van der Waals surface area contributed by atoms with Crippen LogP contribution in [0.15, 0.2) is 12.3 Å². The van der Waals surface area contributed by atoms with Crippen molar-refractivity contribution in [3.63, 3.8) is 0 Å². The summed E-state index contributed by atoms with van der Waals surface area (Å²) in [5.74, 6) is 1.04. The fourth-order valence-corrected chi connectivity index (χ4v) is 4.35. The highest BCUT2D eigenvalue weighted by Crippen LogP contribution is 2.42. The van der Waals surface area contributed by atoms with Crippen molar-refractivity contribution in [3.8, 4) is 5.88 Å². The number of aromatic nitrogens is 1. The van der Waals surface area contributed by atoms with Crippen LogP contribution in [-0.4, -0.2) is 33.2 Å². The Morgan fingerprint density at radius 2 is 2.00 bits per heavy atom. The lowest BCUT2D eigenvalue weighted by Gasteiger charge is -2.48. The van der Waals surface area contributed by atoms with Crippen molar-refractivity contribution in [2.24, 2.45) is 5.92 Å². The second-order valence-corrected chi connectivity index (χ2v) is 13.4. The molecule has 2 atom stereocenters. The number of halogens is 1. The molecule has 2 rings (SSSR count). The number of hydrogen-bond donors (Lipinski definition) is 0. The van der Waals surface area contributed by atoms with Crippen molar-refractivity contribution >= 4 is 25.6 Å². The smallest absolute Gasteiger partial charge is 0.215 e. The van der Waals surface area contributed by atoms with Crippen molar-refractivity contribution in [1.82, 2.24) is 4.98 Å². The monoisotopic (exact) mass is 370 g/mol. The predicted octanol–water partition coefficient (Wildman–Crippen LogP) is 5.33. The van der Waals surface area contributed by atoms with E-state index >= 15 is 0 Å². The van der Waals surface area contributed by atoms with E-state index < -0.39 is 8.32 Å². The first-order valence-corrected chi connectivity index (χ1v) is 12.0. The highest BCUT2D eigenvalue weighted by atomic mass is 35.5. The maximum Gasteiger partial charge on any atom is 0.215 e. The van der Waals surface area contributed by atoms with Crippen LogP contribution in [0.25, 0.3) is 0 Å². The van der Waals surface area contributed by atoms with E-state index in [0.717, 1.165) is 18.7 Å². The van der Waals surface area contributed by atoms with Crippen LogP contribution in [0.4, 0.5) is 5.69 Å². The van der Waals surface area contributed by atoms with E-state index in [0.29, 0.717) is 16.8 Å². The van der Waals surface area contributed by atoms with Gasteiger partial charge in [0.15, 0.2) is 8.32 Å². The molecule has 0 radical (unpaired) electrons. The lowest BCUT2D eigenvalue weighted by Crippen LogP contribution is -2.54. The van der Waals surface area contributed by atoms with E-state index in [2.05, 4.69) is 50.7 Å². The molecule has 0 spiro atoms. The van der Waals surface area contributed by atoms with Crippen molar-refractivity contribution in [3.05, 3.63) is 17.3 Å². The van der Waals surface area contributed by atoms with Gasteiger partial charge in [-0.15, -0.1) is 0 Å². The van der Waals surface area contributed by atoms with E-state index in [1.165, 1.54) is 6.42 Å². The number of pyridine rings is 1. The first-order valence-electron chi connectivity index (χ1n) is 8.71. The quantitative estimate of drug-likeness (QED) is 0.671. The van der Waals surface area contributed by atoms with Crippen LogP contribution in [-0.2, 0) is 4.43 Å². The highest BCUT2D eigenvalue weighted by molar-refractivity contribution is 6.74. The Hall–Kier alpha value is -0.783. The van der Waals surface area contributed by atoms with E-state index in [9.17, 15) is 0 Å². The zero-order valence-corrected chi connectivity index (χ0v) is 17.8. The highest BCUT2D eigenvalue weighted by Gasteiger charge is 2.43. The van der Waals surface area contributed by atoms with E-state index in [-0.39, 0.29) is 11.3 Å². The molecule has 24 heavy (non-hydrogen) atoms. The summed E-state index contributed by atoms with van der Waals surface area (Å²) in [5.41, 5.74) is 0.957. The van der Waals surface area contributed by atoms with Crippen LogP contribution in [0.5, 0.6) is 5.88 Å². The van der Waals surface area contributed by atoms with Crippen molar-refractivity contribution in [2.75, 3.05) is 18.6 Å². The van der Waals surface area contributed by atoms with Gasteiger partial charge >= 0.3 is 0 Å². The summed E-state index contributed by atoms with van der Waals surface area (Å²) in [7, 11) is -0.252. The molecule has 1 aliphatic heterocycles. The van der Waals surface area contributed by atoms with E-state index in [1.54, 1.807) is 13.3 Å². The molecule has 2 heterocycles. The summed E-state index contributed by atoms with van der Waals surface area (Å²) in [4.78, 5) is 6.50. The first kappa shape index (κ1) is 19.5. The number of anilines is 1. The van der Waals surface area contributed by atoms with Crippen molar-refractivity contribution in [1.29, 1.82) is 0 Å². The van der Waals surface area contributed by atoms with Gasteiger partial charge in [0.25, 0.3) is 0 Å². The molecule has 0 aromatic carbocycles. The van der Waals surface area contributed by atoms with Gasteiger partial charge < -0.3 is 14.1 Å². The number of methoxy groups -OCH3 is 1. The van der Waals surface area contributed by atoms with Crippen LogP contribution in [0.1, 0.15) is 40.5 Å². The molecule has 1 aromatic heterocycles. The lowest BCUT2D eigenvalue weighted by molar-refractivity contribution is 0.0976. The second-order valence-electron chi connectivity index (χ2n) is 8.26. The first-order chi connectivity index (χ1) is 11.1. The molecule has 0 saturated carbocycles. The molecule has 2 unspecified atom stereocenters. The number of rotatable bonds is 4. The molecule has 4 nitrogen and oxygen atoms in total. The molecule has 136 valence electrons. The van der Waals surface area contributed by atoms with Crippen LogP contribution >= 0.6 is 11.6 Å². The van der Waals surface area contributed by atoms with Crippen LogP contribution in [0, 0.1) is 5.92 Å². The van der Waals surface area contributed by atoms with Gasteiger partial charge in [0.2, 0.25) is 5.88 Å². The summed E-state index contributed by atoms with van der Waals surface area (Å²) in [6, 6.07) is 1.92. The van der Waals surface area contributed by atoms with Gasteiger partial charge in [-0.2, -0.15) is 0 Å². The fourth-order valence-electron chi connectivity index (χ4n) is 2.82. The molecule has 6 heteroatoms. The molecule has 1 fully saturated rings. The molecule has 1 aliphatic rings. The molecule has 1 aromatic rings. The minimum absolute atomic E-state index is 0.0456. The molecule has 1 saturated heterocycles. The third kappa shape index (κ3) is 4.06. The number of piperidine rings is 1. The van der Waals surface area contributed by atoms with Gasteiger partial charge in [0.05, 0.1) is 24.0 Å². The zero-order valence-electron chi connectivity index (χ0n) is 16.0. The van der Waals surface area contributed by atoms with Gasteiger partial charge in [-0.05, 0) is 31.0 Å². The van der Waals surface area contributed by atoms with E-state index in [4.69, 9.17) is 20.8 Å². The molecule has 0 aliphatic carbocycles. The standard InChI is InChI=1S/C18H31ClN2O2Si/c1-13-9-8-10-21(15-11-16(22-5)20-12-14(15)19)17(13)23-24(6,7)18(2,3)4/h11-13,17H,8-10H2,1-7H3. The Labute approximate surface area is 152 Å². The Morgan fingerprint density at radius 1 is 1.33 bits per heavy atom. The molecular weight excluding hydrogens is 340 g/mol. The minimum atomic E-state index is -1.88. The van der Waals surface area contributed by atoms with Crippen LogP contribution in [0.2, 0.25) is 23.2 Å². The summed E-state index contributed by atoms with van der Waals surface area (Å²) >= 11 is 6.46. The number of hydrogen-bond acceptors (Lipinski definition) is 4. The molecule has 0 bridgehead atoms. The van der Waals surface area contributed by atoms with Gasteiger partial charge in [0, 0.05) is 18.5 Å². The summed E-state index contributed by atoms with van der Waals surface area (Å²) < 4.78 is 12.1. The third-order valence-corrected chi connectivity index (χ3v) is 10.1. The van der Waals surface area contributed by atoms with Gasteiger partial charge in [-0.1, -0.05) is 39.3 Å². The predicted molar refractivity (Wildman–Crippen MR) is 104 cm³/mol. The molecular formula is C18H31ClN2O2Si. The van der Waals surface area contributed by atoms with Crippen LogP contribution in [0.3, 0.4) is 0 Å². The second kappa shape index (κ2) is 7.22. The van der Waals surface area contributed by atoms with E-state index in [1.807, 2.05) is 6.07 Å². The molecule has 0 N–H and O–H groups in total. The van der Waals surface area contributed by atoms with Crippen molar-refractivity contribution < 1.29 is 9.16 Å². The normalized spacial score (nSPS) is 22.6. The average molecular weight is 371 g/mol. The lowest BCUT2D eigenvalue weighted by atomic mass is 9.97. The summed E-state index contributed by atoms with van der Waals surface area (Å²) in [6.45, 7) is 14.7. The van der Waals surface area contributed by atoms with Crippen molar-refractivity contribution in [2.45, 2.75) is 64.9 Å². The Balaban J connectivity index is 2.36. The Kier molecular flexibility index (Phi) is 5.88. The number of nitrogens with zero attached hydrogens (tertiary/aromatic N) is 2. The zero-order chi connectivity index (χ0) is 18.1. The number of ether oxygens (including phenoxy) is 1. The maximum absolute atomic E-state index is 6.80. The topological polar surface area (TPSA) is 34.6 Å². The fraction of sp³-hybridized carbons (Fsp3) is 0.722. The van der Waals surface area contributed by atoms with Gasteiger partial charge in [0.1, 0.15) is 6.23 Å². The Bertz CT molecular complexity index is 575. The Morgan fingerprint density at radius 3 is 2.58 bits per heavy atom. The van der Waals surface area contributed by atoms with Gasteiger partial charge in [-0.3, -0.25) is 0 Å². The van der Waals surface area contributed by atoms with Gasteiger partial charge in [-0.25, -0.2) is 4.98 Å². The SMILES string of the molecule is COc1cc(N2CCCC(C)C2O[Si](C)(C)C(C)(C)C)c(Cl)cn1. The summed E-state index contributed by atoms with van der Waals surface area (Å²) in [5, 5.41) is 0.823. The largest absolute Gasteiger partial charge is 0.481 e. The average Bonchev–Trinajstić information content (AvgIpc) is 2.49.